The minimum atomic E-state index is -4.51. The number of rotatable bonds is 3. The van der Waals surface area contributed by atoms with Gasteiger partial charge in [-0.1, -0.05) is 17.3 Å². The molecule has 29 heavy (non-hydrogen) atoms. The van der Waals surface area contributed by atoms with Gasteiger partial charge in [-0.15, -0.1) is 0 Å². The molecule has 1 atom stereocenters. The zero-order valence-electron chi connectivity index (χ0n) is 14.6. The first-order chi connectivity index (χ1) is 13.7. The van der Waals surface area contributed by atoms with E-state index in [4.69, 9.17) is 4.52 Å². The van der Waals surface area contributed by atoms with Gasteiger partial charge in [0.05, 0.1) is 11.5 Å². The summed E-state index contributed by atoms with van der Waals surface area (Å²) in [6, 6.07) is 7.22. The number of amides is 1. The third-order valence-corrected chi connectivity index (χ3v) is 4.52. The van der Waals surface area contributed by atoms with E-state index in [0.717, 1.165) is 24.3 Å². The van der Waals surface area contributed by atoms with E-state index in [2.05, 4.69) is 10.1 Å². The van der Waals surface area contributed by atoms with Gasteiger partial charge in [0.2, 0.25) is 17.6 Å². The van der Waals surface area contributed by atoms with Crippen LogP contribution in [-0.4, -0.2) is 22.6 Å². The van der Waals surface area contributed by atoms with Crippen LogP contribution in [0.5, 0.6) is 0 Å². The number of carbonyl (C=O) groups excluding carboxylic acids is 1. The molecule has 1 aliphatic rings. The number of carbonyl (C=O) groups is 1. The average Bonchev–Trinajstić information content (AvgIpc) is 3.27. The Morgan fingerprint density at radius 3 is 2.48 bits per heavy atom. The van der Waals surface area contributed by atoms with E-state index in [1.807, 2.05) is 0 Å². The van der Waals surface area contributed by atoms with E-state index < -0.39 is 29.3 Å². The third-order valence-electron chi connectivity index (χ3n) is 4.52. The Labute approximate surface area is 160 Å². The van der Waals surface area contributed by atoms with E-state index in [0.29, 0.717) is 6.07 Å². The fourth-order valence-electron chi connectivity index (χ4n) is 3.17. The summed E-state index contributed by atoms with van der Waals surface area (Å²) in [6.45, 7) is 0.0476. The van der Waals surface area contributed by atoms with Crippen molar-refractivity contribution in [3.8, 4) is 11.4 Å². The highest BCUT2D eigenvalue weighted by Crippen LogP contribution is 2.34. The van der Waals surface area contributed by atoms with Gasteiger partial charge in [0, 0.05) is 30.3 Å². The predicted molar refractivity (Wildman–Crippen MR) is 90.8 cm³/mol. The van der Waals surface area contributed by atoms with Crippen LogP contribution in [0, 0.1) is 11.6 Å². The normalized spacial score (nSPS) is 17.2. The van der Waals surface area contributed by atoms with Gasteiger partial charge >= 0.3 is 6.18 Å². The zero-order valence-corrected chi connectivity index (χ0v) is 14.6. The van der Waals surface area contributed by atoms with Crippen molar-refractivity contribution in [1.82, 2.24) is 10.1 Å². The monoisotopic (exact) mass is 409 g/mol. The topological polar surface area (TPSA) is 59.2 Å². The van der Waals surface area contributed by atoms with Crippen LogP contribution in [0.3, 0.4) is 0 Å². The molecule has 1 saturated heterocycles. The largest absolute Gasteiger partial charge is 0.416 e. The van der Waals surface area contributed by atoms with Crippen molar-refractivity contribution in [3.05, 3.63) is 65.6 Å². The first kappa shape index (κ1) is 19.0. The van der Waals surface area contributed by atoms with Crippen molar-refractivity contribution in [2.24, 2.45) is 0 Å². The van der Waals surface area contributed by atoms with E-state index in [1.54, 1.807) is 0 Å². The quantitative estimate of drug-likeness (QED) is 0.596. The average molecular weight is 409 g/mol. The number of hydrogen-bond acceptors (Lipinski definition) is 4. The number of anilines is 1. The summed E-state index contributed by atoms with van der Waals surface area (Å²) in [6.07, 6.45) is -4.55. The summed E-state index contributed by atoms with van der Waals surface area (Å²) in [5.74, 6) is -2.57. The van der Waals surface area contributed by atoms with Gasteiger partial charge in [0.25, 0.3) is 0 Å². The van der Waals surface area contributed by atoms with Crippen molar-refractivity contribution in [3.63, 3.8) is 0 Å². The second-order valence-corrected chi connectivity index (χ2v) is 6.57. The van der Waals surface area contributed by atoms with E-state index in [9.17, 15) is 26.7 Å². The number of aromatic nitrogens is 2. The molecule has 0 spiro atoms. The SMILES string of the molecule is O=C1CC(c2nc(-c3cccc(C(F)(F)F)c3)no2)CN1c1cc(F)cc(F)c1. The smallest absolute Gasteiger partial charge is 0.339 e. The van der Waals surface area contributed by atoms with Gasteiger partial charge in [-0.25, -0.2) is 8.78 Å². The Kier molecular flexibility index (Phi) is 4.56. The summed E-state index contributed by atoms with van der Waals surface area (Å²) in [4.78, 5) is 17.6. The van der Waals surface area contributed by atoms with Gasteiger partial charge < -0.3 is 9.42 Å². The van der Waals surface area contributed by atoms with E-state index in [-0.39, 0.29) is 41.8 Å². The molecular formula is C19H12F5N3O2. The molecule has 1 amide bonds. The van der Waals surface area contributed by atoms with E-state index in [1.165, 1.54) is 17.0 Å². The fraction of sp³-hybridized carbons (Fsp3) is 0.211. The van der Waals surface area contributed by atoms with Crippen LogP contribution >= 0.6 is 0 Å². The molecule has 0 radical (unpaired) electrons. The molecule has 5 nitrogen and oxygen atoms in total. The van der Waals surface area contributed by atoms with Crippen molar-refractivity contribution >= 4 is 11.6 Å². The molecule has 3 aromatic rings. The Morgan fingerprint density at radius 2 is 1.79 bits per heavy atom. The zero-order chi connectivity index (χ0) is 20.8. The Bertz CT molecular complexity index is 1060. The molecule has 2 aromatic carbocycles. The first-order valence-corrected chi connectivity index (χ1v) is 8.48. The lowest BCUT2D eigenvalue weighted by molar-refractivity contribution is -0.137. The lowest BCUT2D eigenvalue weighted by Gasteiger charge is -2.16. The highest BCUT2D eigenvalue weighted by Gasteiger charge is 2.36. The number of hydrogen-bond donors (Lipinski definition) is 0. The third kappa shape index (κ3) is 3.82. The Hall–Kier alpha value is -3.30. The van der Waals surface area contributed by atoms with Gasteiger partial charge in [0.1, 0.15) is 11.6 Å². The summed E-state index contributed by atoms with van der Waals surface area (Å²) < 4.78 is 70.6. The molecule has 10 heteroatoms. The lowest BCUT2D eigenvalue weighted by Crippen LogP contribution is -2.24. The van der Waals surface area contributed by atoms with Gasteiger partial charge in [-0.2, -0.15) is 18.2 Å². The maximum Gasteiger partial charge on any atom is 0.416 e. The summed E-state index contributed by atoms with van der Waals surface area (Å²) in [7, 11) is 0. The molecule has 4 rings (SSSR count). The lowest BCUT2D eigenvalue weighted by atomic mass is 10.1. The van der Waals surface area contributed by atoms with Gasteiger partial charge in [-0.3, -0.25) is 4.79 Å². The summed E-state index contributed by atoms with van der Waals surface area (Å²) in [5.41, 5.74) is -0.674. The minimum absolute atomic E-state index is 0.0393. The van der Waals surface area contributed by atoms with Crippen molar-refractivity contribution in [2.45, 2.75) is 18.5 Å². The van der Waals surface area contributed by atoms with Crippen LogP contribution in [0.1, 0.15) is 23.8 Å². The maximum atomic E-state index is 13.4. The number of nitrogens with zero attached hydrogens (tertiary/aromatic N) is 3. The molecule has 0 N–H and O–H groups in total. The molecule has 0 saturated carbocycles. The molecule has 1 unspecified atom stereocenters. The molecular weight excluding hydrogens is 397 g/mol. The standard InChI is InChI=1S/C19H12F5N3O2/c20-13-6-14(21)8-15(7-13)27-9-11(5-16(27)28)18-25-17(26-29-18)10-2-1-3-12(4-10)19(22,23)24/h1-4,6-8,11H,5,9H2. The fourth-order valence-corrected chi connectivity index (χ4v) is 3.17. The molecule has 1 fully saturated rings. The summed E-state index contributed by atoms with van der Waals surface area (Å²) >= 11 is 0. The maximum absolute atomic E-state index is 13.4. The summed E-state index contributed by atoms with van der Waals surface area (Å²) in [5, 5.41) is 3.70. The molecule has 1 aromatic heterocycles. The van der Waals surface area contributed by atoms with Crippen molar-refractivity contribution in [2.75, 3.05) is 11.4 Å². The molecule has 1 aliphatic heterocycles. The second kappa shape index (κ2) is 6.94. The van der Waals surface area contributed by atoms with Crippen molar-refractivity contribution < 1.29 is 31.3 Å². The van der Waals surface area contributed by atoms with Crippen LogP contribution in [0.2, 0.25) is 0 Å². The van der Waals surface area contributed by atoms with Gasteiger partial charge in [-0.05, 0) is 24.3 Å². The van der Waals surface area contributed by atoms with Gasteiger partial charge in [0.15, 0.2) is 0 Å². The minimum Gasteiger partial charge on any atom is -0.339 e. The Balaban J connectivity index is 1.57. The Morgan fingerprint density at radius 1 is 1.07 bits per heavy atom. The van der Waals surface area contributed by atoms with Crippen LogP contribution < -0.4 is 4.90 Å². The molecule has 150 valence electrons. The number of alkyl halides is 3. The number of halogens is 5. The van der Waals surface area contributed by atoms with E-state index >= 15 is 0 Å². The molecule has 2 heterocycles. The van der Waals surface area contributed by atoms with Crippen LogP contribution in [-0.2, 0) is 11.0 Å². The van der Waals surface area contributed by atoms with Crippen LogP contribution in [0.25, 0.3) is 11.4 Å². The van der Waals surface area contributed by atoms with Crippen LogP contribution in [0.4, 0.5) is 27.6 Å². The predicted octanol–water partition coefficient (Wildman–Crippen LogP) is 4.55. The second-order valence-electron chi connectivity index (χ2n) is 6.57. The number of benzene rings is 2. The molecule has 0 bridgehead atoms. The van der Waals surface area contributed by atoms with Crippen molar-refractivity contribution in [1.29, 1.82) is 0 Å². The van der Waals surface area contributed by atoms with Crippen LogP contribution in [0.15, 0.2) is 47.0 Å². The first-order valence-electron chi connectivity index (χ1n) is 8.48. The highest BCUT2D eigenvalue weighted by molar-refractivity contribution is 5.96. The highest BCUT2D eigenvalue weighted by atomic mass is 19.4. The molecule has 0 aliphatic carbocycles.